The molecule has 0 aliphatic carbocycles. The fourth-order valence-electron chi connectivity index (χ4n) is 3.37. The maximum Gasteiger partial charge on any atom is 0.416 e. The highest BCUT2D eigenvalue weighted by molar-refractivity contribution is 6.13. The molecule has 0 atom stereocenters. The molecule has 0 spiro atoms. The Morgan fingerprint density at radius 2 is 1.94 bits per heavy atom. The van der Waals surface area contributed by atoms with Crippen molar-refractivity contribution in [3.05, 3.63) is 82.4 Å². The Bertz CT molecular complexity index is 1010. The number of rotatable bonds is 7. The molecule has 9 heteroatoms. The van der Waals surface area contributed by atoms with E-state index >= 15 is 0 Å². The number of nitrogens with zero attached hydrogens (tertiary/aromatic N) is 2. The highest BCUT2D eigenvalue weighted by atomic mass is 35.5. The van der Waals surface area contributed by atoms with Crippen molar-refractivity contribution in [1.29, 1.82) is 0 Å². The minimum Gasteiger partial charge on any atom is -0.478 e. The molecule has 1 aliphatic rings. The third-order valence-corrected chi connectivity index (χ3v) is 5.02. The second-order valence-electron chi connectivity index (χ2n) is 7.27. The lowest BCUT2D eigenvalue weighted by Crippen LogP contribution is -2.34. The average Bonchev–Trinajstić information content (AvgIpc) is 2.74. The summed E-state index contributed by atoms with van der Waals surface area (Å²) in [6.45, 7) is 3.52. The van der Waals surface area contributed by atoms with Crippen LogP contribution in [0.3, 0.4) is 0 Å². The fraction of sp³-hybridized carbons (Fsp3) is 0.304. The first-order valence-electron chi connectivity index (χ1n) is 9.84. The van der Waals surface area contributed by atoms with Crippen molar-refractivity contribution in [2.24, 2.45) is 5.16 Å². The number of carboxylic acids is 1. The van der Waals surface area contributed by atoms with Gasteiger partial charge in [-0.2, -0.15) is 13.2 Å². The van der Waals surface area contributed by atoms with Gasteiger partial charge in [0.05, 0.1) is 5.56 Å². The number of oxime groups is 1. The van der Waals surface area contributed by atoms with Crippen LogP contribution in [0.5, 0.6) is 0 Å². The first-order valence-corrected chi connectivity index (χ1v) is 9.84. The maximum atomic E-state index is 13.2. The van der Waals surface area contributed by atoms with E-state index in [1.165, 1.54) is 6.07 Å². The number of benzene rings is 2. The largest absolute Gasteiger partial charge is 0.478 e. The predicted octanol–water partition coefficient (Wildman–Crippen LogP) is 4.92. The molecule has 172 valence electrons. The SMILES string of the molecule is Cc1ccccc1C(=NOCCN1CCC=C(C(=O)O)C1)c1cccc(C(F)(F)F)c1.Cl. The van der Waals surface area contributed by atoms with Crippen molar-refractivity contribution in [3.8, 4) is 0 Å². The average molecular weight is 469 g/mol. The lowest BCUT2D eigenvalue weighted by Gasteiger charge is -2.24. The van der Waals surface area contributed by atoms with Crippen LogP contribution in [0.25, 0.3) is 0 Å². The number of hydrogen-bond acceptors (Lipinski definition) is 4. The van der Waals surface area contributed by atoms with Crippen LogP contribution in [0.1, 0.15) is 28.7 Å². The summed E-state index contributed by atoms with van der Waals surface area (Å²) in [5.41, 5.74) is 1.74. The minimum atomic E-state index is -4.46. The molecule has 1 N–H and O–H groups in total. The Balaban J connectivity index is 0.00000363. The molecular weight excluding hydrogens is 445 g/mol. The van der Waals surface area contributed by atoms with Crippen LogP contribution in [0.4, 0.5) is 13.2 Å². The van der Waals surface area contributed by atoms with Gasteiger partial charge in [-0.15, -0.1) is 12.4 Å². The zero-order chi connectivity index (χ0) is 22.4. The lowest BCUT2D eigenvalue weighted by atomic mass is 9.97. The number of aryl methyl sites for hydroxylation is 1. The van der Waals surface area contributed by atoms with Crippen LogP contribution in [-0.2, 0) is 15.8 Å². The lowest BCUT2D eigenvalue weighted by molar-refractivity contribution is -0.137. The molecule has 5 nitrogen and oxygen atoms in total. The van der Waals surface area contributed by atoms with Gasteiger partial charge in [-0.25, -0.2) is 4.79 Å². The van der Waals surface area contributed by atoms with Crippen molar-refractivity contribution in [2.45, 2.75) is 19.5 Å². The monoisotopic (exact) mass is 468 g/mol. The summed E-state index contributed by atoms with van der Waals surface area (Å²) in [5, 5.41) is 13.3. The summed E-state index contributed by atoms with van der Waals surface area (Å²) in [6.07, 6.45) is -2.11. The van der Waals surface area contributed by atoms with Crippen molar-refractivity contribution in [1.82, 2.24) is 4.90 Å². The van der Waals surface area contributed by atoms with E-state index in [-0.39, 0.29) is 19.0 Å². The first-order chi connectivity index (χ1) is 14.8. The van der Waals surface area contributed by atoms with Crippen molar-refractivity contribution < 1.29 is 27.9 Å². The number of hydrogen-bond donors (Lipinski definition) is 1. The number of halogens is 4. The van der Waals surface area contributed by atoms with Crippen LogP contribution in [-0.4, -0.2) is 47.9 Å². The van der Waals surface area contributed by atoms with Gasteiger partial charge in [0.1, 0.15) is 12.3 Å². The van der Waals surface area contributed by atoms with E-state index in [4.69, 9.17) is 9.94 Å². The Kier molecular flexibility index (Phi) is 8.86. The molecule has 0 amide bonds. The second kappa shape index (κ2) is 11.2. The Morgan fingerprint density at radius 3 is 2.62 bits per heavy atom. The minimum absolute atomic E-state index is 0. The molecule has 2 aromatic rings. The summed E-state index contributed by atoms with van der Waals surface area (Å²) in [4.78, 5) is 18.6. The molecule has 32 heavy (non-hydrogen) atoms. The van der Waals surface area contributed by atoms with E-state index in [2.05, 4.69) is 5.16 Å². The van der Waals surface area contributed by atoms with Crippen molar-refractivity contribution in [3.63, 3.8) is 0 Å². The summed E-state index contributed by atoms with van der Waals surface area (Å²) in [7, 11) is 0. The Labute approximate surface area is 190 Å². The van der Waals surface area contributed by atoms with Gasteiger partial charge in [0.2, 0.25) is 0 Å². The van der Waals surface area contributed by atoms with Gasteiger partial charge in [0, 0.05) is 36.3 Å². The summed E-state index contributed by atoms with van der Waals surface area (Å²) in [6, 6.07) is 12.3. The zero-order valence-corrected chi connectivity index (χ0v) is 18.2. The second-order valence-corrected chi connectivity index (χ2v) is 7.27. The third-order valence-electron chi connectivity index (χ3n) is 5.02. The Morgan fingerprint density at radius 1 is 1.19 bits per heavy atom. The summed E-state index contributed by atoms with van der Waals surface area (Å²) < 4.78 is 39.6. The van der Waals surface area contributed by atoms with Crippen molar-refractivity contribution in [2.75, 3.05) is 26.2 Å². The molecule has 0 fully saturated rings. The normalized spacial score (nSPS) is 15.0. The number of alkyl halides is 3. The molecule has 0 radical (unpaired) electrons. The van der Waals surface area contributed by atoms with Gasteiger partial charge in [-0.3, -0.25) is 4.90 Å². The predicted molar refractivity (Wildman–Crippen MR) is 118 cm³/mol. The molecular formula is C23H24ClF3N2O3. The fourth-order valence-corrected chi connectivity index (χ4v) is 3.37. The van der Waals surface area contributed by atoms with Gasteiger partial charge in [0.15, 0.2) is 0 Å². The molecule has 0 bridgehead atoms. The number of aliphatic carboxylic acids is 1. The van der Waals surface area contributed by atoms with Crippen LogP contribution < -0.4 is 0 Å². The Hall–Kier alpha value is -2.84. The van der Waals surface area contributed by atoms with E-state index in [1.54, 1.807) is 24.3 Å². The first kappa shape index (κ1) is 25.4. The van der Waals surface area contributed by atoms with Crippen LogP contribution in [0, 0.1) is 6.92 Å². The maximum absolute atomic E-state index is 13.2. The van der Waals surface area contributed by atoms with Crippen molar-refractivity contribution >= 4 is 24.1 Å². The molecule has 2 aromatic carbocycles. The van der Waals surface area contributed by atoms with E-state index in [0.717, 1.165) is 17.7 Å². The molecule has 0 saturated carbocycles. The smallest absolute Gasteiger partial charge is 0.416 e. The van der Waals surface area contributed by atoms with Gasteiger partial charge < -0.3 is 9.94 Å². The molecule has 0 unspecified atom stereocenters. The van der Waals surface area contributed by atoms with Gasteiger partial charge in [-0.05, 0) is 31.0 Å². The summed E-state index contributed by atoms with van der Waals surface area (Å²) >= 11 is 0. The highest BCUT2D eigenvalue weighted by Crippen LogP contribution is 2.30. The van der Waals surface area contributed by atoms with Gasteiger partial charge in [0.25, 0.3) is 0 Å². The molecule has 1 aliphatic heterocycles. The quantitative estimate of drug-likeness (QED) is 0.356. The number of carbonyl (C=O) groups is 1. The van der Waals surface area contributed by atoms with Crippen LogP contribution in [0.15, 0.2) is 65.3 Å². The third kappa shape index (κ3) is 6.58. The molecule has 1 heterocycles. The molecule has 0 aromatic heterocycles. The van der Waals surface area contributed by atoms with Crippen LogP contribution in [0.2, 0.25) is 0 Å². The topological polar surface area (TPSA) is 62.1 Å². The van der Waals surface area contributed by atoms with E-state index in [9.17, 15) is 18.0 Å². The highest BCUT2D eigenvalue weighted by Gasteiger charge is 2.31. The molecule has 3 rings (SSSR count). The van der Waals surface area contributed by atoms with E-state index in [1.807, 2.05) is 24.0 Å². The van der Waals surface area contributed by atoms with Gasteiger partial charge in [-0.1, -0.05) is 47.6 Å². The zero-order valence-electron chi connectivity index (χ0n) is 17.4. The molecule has 0 saturated heterocycles. The van der Waals surface area contributed by atoms with E-state index < -0.39 is 17.7 Å². The van der Waals surface area contributed by atoms with Crippen LogP contribution >= 0.6 is 12.4 Å². The standard InChI is InChI=1S/C23H23F3N2O3.ClH/c1-16-6-2-3-10-20(16)21(17-7-4-9-19(14-17)23(24,25)26)27-31-13-12-28-11-5-8-18(15-28)22(29)30;/h2-4,6-10,14H,5,11-13,15H2,1H3,(H,29,30);1H. The van der Waals surface area contributed by atoms with Gasteiger partial charge >= 0.3 is 12.1 Å². The number of carboxylic acid groups (broad SMARTS) is 1. The summed E-state index contributed by atoms with van der Waals surface area (Å²) in [5.74, 6) is -0.935. The van der Waals surface area contributed by atoms with E-state index in [0.29, 0.717) is 48.5 Å².